The van der Waals surface area contributed by atoms with Crippen molar-refractivity contribution in [3.63, 3.8) is 0 Å². The van der Waals surface area contributed by atoms with Gasteiger partial charge in [0.05, 0.1) is 45.2 Å². The van der Waals surface area contributed by atoms with Crippen molar-refractivity contribution in [2.45, 2.75) is 40.7 Å². The van der Waals surface area contributed by atoms with E-state index in [1.54, 1.807) is 18.4 Å². The smallest absolute Gasteiger partial charge is 0.338 e. The van der Waals surface area contributed by atoms with Crippen LogP contribution in [0.25, 0.3) is 6.08 Å². The third kappa shape index (κ3) is 5.52. The molecule has 194 valence electrons. The number of carbonyl (C=O) groups is 1. The van der Waals surface area contributed by atoms with Crippen LogP contribution in [0.4, 0.5) is 0 Å². The van der Waals surface area contributed by atoms with Crippen molar-refractivity contribution in [1.29, 1.82) is 0 Å². The zero-order chi connectivity index (χ0) is 26.7. The van der Waals surface area contributed by atoms with Gasteiger partial charge in [0.1, 0.15) is 0 Å². The van der Waals surface area contributed by atoms with Crippen molar-refractivity contribution in [3.8, 4) is 11.5 Å². The van der Waals surface area contributed by atoms with Gasteiger partial charge in [-0.05, 0) is 86.5 Å². The van der Waals surface area contributed by atoms with Crippen LogP contribution in [0.1, 0.15) is 50.4 Å². The maximum atomic E-state index is 13.8. The molecule has 1 aliphatic rings. The normalized spacial score (nSPS) is 15.3. The zero-order valence-corrected chi connectivity index (χ0v) is 24.4. The summed E-state index contributed by atoms with van der Waals surface area (Å²) in [6.45, 7) is 10.6. The number of fused-ring (bicyclic) bond motifs is 1. The van der Waals surface area contributed by atoms with Crippen LogP contribution >= 0.6 is 33.9 Å². The number of hydrogen-bond donors (Lipinski definition) is 0. The van der Waals surface area contributed by atoms with Crippen molar-refractivity contribution < 1.29 is 19.0 Å². The molecule has 3 aromatic rings. The number of esters is 1. The Labute approximate surface area is 233 Å². The monoisotopic (exact) mass is 632 g/mol. The molecule has 0 aliphatic carbocycles. The van der Waals surface area contributed by atoms with Crippen molar-refractivity contribution in [2.75, 3.05) is 19.8 Å². The van der Waals surface area contributed by atoms with Crippen molar-refractivity contribution in [1.82, 2.24) is 4.57 Å². The highest BCUT2D eigenvalue weighted by atomic mass is 127. The molecule has 0 N–H and O–H groups in total. The number of rotatable bonds is 8. The average Bonchev–Trinajstić information content (AvgIpc) is 3.15. The summed E-state index contributed by atoms with van der Waals surface area (Å²) < 4.78 is 20.0. The summed E-state index contributed by atoms with van der Waals surface area (Å²) >= 11 is 3.51. The molecular formula is C28H29IN2O5S. The van der Waals surface area contributed by atoms with Crippen LogP contribution in [-0.4, -0.2) is 30.4 Å². The van der Waals surface area contributed by atoms with Crippen molar-refractivity contribution >= 4 is 46.0 Å². The molecule has 0 fully saturated rings. The number of aromatic nitrogens is 1. The van der Waals surface area contributed by atoms with Crippen LogP contribution in [0.2, 0.25) is 0 Å². The quantitative estimate of drug-likeness (QED) is 0.270. The van der Waals surface area contributed by atoms with E-state index in [0.29, 0.717) is 45.3 Å². The molecule has 0 radical (unpaired) electrons. The lowest BCUT2D eigenvalue weighted by Gasteiger charge is -2.24. The molecule has 2 aromatic carbocycles. The number of ether oxygens (including phenoxy) is 3. The molecule has 0 spiro atoms. The Morgan fingerprint density at radius 1 is 1.08 bits per heavy atom. The number of allylic oxidation sites excluding steroid dienone is 1. The molecule has 0 saturated heterocycles. The lowest BCUT2D eigenvalue weighted by molar-refractivity contribution is -0.139. The zero-order valence-electron chi connectivity index (χ0n) is 21.5. The van der Waals surface area contributed by atoms with Gasteiger partial charge in [0.25, 0.3) is 5.56 Å². The van der Waals surface area contributed by atoms with E-state index in [-0.39, 0.29) is 12.2 Å². The van der Waals surface area contributed by atoms with Gasteiger partial charge in [0, 0.05) is 0 Å². The standard InChI is InChI=1S/C28H29IN2O5S/c1-6-34-21-14-18(13-20(29)25(21)35-7-2)15-22-26(32)31-24(19-11-9-16(4)10-12-19)23(27(33)36-8-3)17(5)30-28(31)37-22/h9-15,24H,6-8H2,1-5H3/b22-15-/t24-/m0/s1. The summed E-state index contributed by atoms with van der Waals surface area (Å²) in [6.07, 6.45) is 1.83. The third-order valence-electron chi connectivity index (χ3n) is 5.83. The Morgan fingerprint density at radius 3 is 2.43 bits per heavy atom. The maximum absolute atomic E-state index is 13.8. The third-order valence-corrected chi connectivity index (χ3v) is 7.61. The highest BCUT2D eigenvalue weighted by molar-refractivity contribution is 14.1. The summed E-state index contributed by atoms with van der Waals surface area (Å²) in [7, 11) is 0. The Hall–Kier alpha value is -2.92. The van der Waals surface area contributed by atoms with Crippen molar-refractivity contribution in [2.24, 2.45) is 4.99 Å². The lowest BCUT2D eigenvalue weighted by Crippen LogP contribution is -2.39. The summed E-state index contributed by atoms with van der Waals surface area (Å²) in [5.74, 6) is 0.858. The summed E-state index contributed by atoms with van der Waals surface area (Å²) in [5.41, 5.74) is 3.43. The lowest BCUT2D eigenvalue weighted by atomic mass is 9.95. The molecule has 1 aliphatic heterocycles. The predicted molar refractivity (Wildman–Crippen MR) is 153 cm³/mol. The minimum Gasteiger partial charge on any atom is -0.490 e. The second-order valence-electron chi connectivity index (χ2n) is 8.41. The number of thiazole rings is 1. The van der Waals surface area contributed by atoms with Crippen LogP contribution in [0.15, 0.2) is 57.5 Å². The van der Waals surface area contributed by atoms with E-state index < -0.39 is 12.0 Å². The fourth-order valence-corrected chi connectivity index (χ4v) is 6.05. The molecule has 0 amide bonds. The minimum absolute atomic E-state index is 0.217. The highest BCUT2D eigenvalue weighted by Gasteiger charge is 2.33. The van der Waals surface area contributed by atoms with E-state index in [2.05, 4.69) is 27.6 Å². The molecule has 7 nitrogen and oxygen atoms in total. The molecule has 1 aromatic heterocycles. The number of carbonyl (C=O) groups excluding carboxylic acids is 1. The largest absolute Gasteiger partial charge is 0.490 e. The Balaban J connectivity index is 1.91. The predicted octanol–water partition coefficient (Wildman–Crippen LogP) is 4.51. The van der Waals surface area contributed by atoms with Crippen LogP contribution < -0.4 is 24.4 Å². The average molecular weight is 633 g/mol. The molecule has 9 heteroatoms. The number of hydrogen-bond acceptors (Lipinski definition) is 7. The Bertz CT molecular complexity index is 1540. The Kier molecular flexibility index (Phi) is 8.53. The summed E-state index contributed by atoms with van der Waals surface area (Å²) in [6, 6.07) is 11.0. The van der Waals surface area contributed by atoms with Crippen LogP contribution in [-0.2, 0) is 9.53 Å². The Morgan fingerprint density at radius 2 is 1.78 bits per heavy atom. The van der Waals surface area contributed by atoms with Gasteiger partial charge in [-0.1, -0.05) is 41.2 Å². The number of halogens is 1. The fourth-order valence-electron chi connectivity index (χ4n) is 4.23. The number of nitrogens with zero attached hydrogens (tertiary/aromatic N) is 2. The van der Waals surface area contributed by atoms with Crippen LogP contribution in [0.3, 0.4) is 0 Å². The molecular weight excluding hydrogens is 603 g/mol. The van der Waals surface area contributed by atoms with Gasteiger partial charge < -0.3 is 14.2 Å². The second kappa shape index (κ2) is 11.6. The first-order valence-electron chi connectivity index (χ1n) is 12.1. The molecule has 0 saturated carbocycles. The van der Waals surface area contributed by atoms with Gasteiger partial charge in [-0.25, -0.2) is 9.79 Å². The highest BCUT2D eigenvalue weighted by Crippen LogP contribution is 2.35. The van der Waals surface area contributed by atoms with E-state index in [1.807, 2.05) is 63.2 Å². The first-order valence-corrected chi connectivity index (χ1v) is 14.0. The number of aryl methyl sites for hydroxylation is 1. The van der Waals surface area contributed by atoms with Gasteiger partial charge >= 0.3 is 5.97 Å². The second-order valence-corrected chi connectivity index (χ2v) is 10.6. The van der Waals surface area contributed by atoms with Crippen LogP contribution in [0, 0.1) is 10.5 Å². The minimum atomic E-state index is -0.627. The topological polar surface area (TPSA) is 79.1 Å². The van der Waals surface area contributed by atoms with Gasteiger partial charge in [-0.3, -0.25) is 9.36 Å². The van der Waals surface area contributed by atoms with Gasteiger partial charge in [0.15, 0.2) is 16.3 Å². The van der Waals surface area contributed by atoms with Gasteiger partial charge in [-0.15, -0.1) is 0 Å². The molecule has 37 heavy (non-hydrogen) atoms. The van der Waals surface area contributed by atoms with Gasteiger partial charge in [0.2, 0.25) is 0 Å². The van der Waals surface area contributed by atoms with E-state index in [4.69, 9.17) is 14.2 Å². The first kappa shape index (κ1) is 27.1. The van der Waals surface area contributed by atoms with E-state index in [1.165, 1.54) is 11.3 Å². The van der Waals surface area contributed by atoms with Crippen molar-refractivity contribution in [3.05, 3.63) is 87.6 Å². The van der Waals surface area contributed by atoms with Gasteiger partial charge in [-0.2, -0.15) is 0 Å². The molecule has 2 heterocycles. The summed E-state index contributed by atoms with van der Waals surface area (Å²) in [5, 5.41) is 0. The molecule has 1 atom stereocenters. The molecule has 0 bridgehead atoms. The maximum Gasteiger partial charge on any atom is 0.338 e. The van der Waals surface area contributed by atoms with E-state index in [9.17, 15) is 9.59 Å². The van der Waals surface area contributed by atoms with E-state index >= 15 is 0 Å². The van der Waals surface area contributed by atoms with Crippen LogP contribution in [0.5, 0.6) is 11.5 Å². The summed E-state index contributed by atoms with van der Waals surface area (Å²) in [4.78, 5) is 32.0. The fraction of sp³-hybridized carbons (Fsp3) is 0.321. The number of benzene rings is 2. The van der Waals surface area contributed by atoms with E-state index in [0.717, 1.165) is 20.3 Å². The molecule has 0 unspecified atom stereocenters. The SMILES string of the molecule is CCOC(=O)C1=C(C)N=c2s/c(=C\c3cc(I)c(OCC)c(OCC)c3)c(=O)n2[C@H]1c1ccc(C)cc1. The molecule has 4 rings (SSSR count). The first-order chi connectivity index (χ1) is 17.8.